The second-order valence-electron chi connectivity index (χ2n) is 6.20. The summed E-state index contributed by atoms with van der Waals surface area (Å²) < 4.78 is 5.30. The van der Waals surface area contributed by atoms with Crippen molar-refractivity contribution in [3.8, 4) is 5.75 Å². The molecule has 25 heavy (non-hydrogen) atoms. The van der Waals surface area contributed by atoms with Gasteiger partial charge in [-0.2, -0.15) is 0 Å². The number of rotatable bonds is 4. The molecule has 1 heterocycles. The van der Waals surface area contributed by atoms with Crippen LogP contribution in [-0.4, -0.2) is 35.2 Å². The fraction of sp³-hybridized carbons (Fsp3) is 0.389. The molecular weight excluding hydrogens is 322 g/mol. The van der Waals surface area contributed by atoms with Crippen molar-refractivity contribution in [3.05, 3.63) is 30.5 Å². The highest BCUT2D eigenvalue weighted by Gasteiger charge is 2.26. The molecule has 0 radical (unpaired) electrons. The smallest absolute Gasteiger partial charge is 0.319 e. The number of carboxylic acids is 1. The van der Waals surface area contributed by atoms with E-state index in [4.69, 9.17) is 9.84 Å². The van der Waals surface area contributed by atoms with Crippen molar-refractivity contribution in [1.29, 1.82) is 0 Å². The number of benzene rings is 1. The van der Waals surface area contributed by atoms with Crippen LogP contribution in [0.1, 0.15) is 25.7 Å². The maximum atomic E-state index is 12.3. The molecular formula is C18H21N3O4. The zero-order valence-corrected chi connectivity index (χ0v) is 14.0. The highest BCUT2D eigenvalue weighted by Crippen LogP contribution is 2.30. The molecule has 1 fully saturated rings. The van der Waals surface area contributed by atoms with Gasteiger partial charge in [0.2, 0.25) is 0 Å². The minimum Gasteiger partial charge on any atom is -0.494 e. The number of methoxy groups -OCH3 is 1. The van der Waals surface area contributed by atoms with Crippen molar-refractivity contribution < 1.29 is 19.4 Å². The zero-order chi connectivity index (χ0) is 17.8. The van der Waals surface area contributed by atoms with E-state index in [-0.39, 0.29) is 18.0 Å². The van der Waals surface area contributed by atoms with Crippen LogP contribution in [0.3, 0.4) is 0 Å². The molecule has 1 aromatic carbocycles. The number of carbonyl (C=O) groups excluding carboxylic acids is 1. The summed E-state index contributed by atoms with van der Waals surface area (Å²) in [6.07, 6.45) is 4.21. The Morgan fingerprint density at radius 1 is 1.20 bits per heavy atom. The maximum absolute atomic E-state index is 12.3. The molecule has 7 heteroatoms. The summed E-state index contributed by atoms with van der Waals surface area (Å²) in [6.45, 7) is 0. The summed E-state index contributed by atoms with van der Waals surface area (Å²) in [7, 11) is 1.58. The van der Waals surface area contributed by atoms with Crippen LogP contribution in [0.4, 0.5) is 10.5 Å². The summed E-state index contributed by atoms with van der Waals surface area (Å²) in [4.78, 5) is 27.6. The van der Waals surface area contributed by atoms with E-state index in [1.807, 2.05) is 6.07 Å². The molecule has 2 aromatic rings. The summed E-state index contributed by atoms with van der Waals surface area (Å²) in [6, 6.07) is 6.93. The van der Waals surface area contributed by atoms with Gasteiger partial charge in [-0.05, 0) is 49.9 Å². The minimum atomic E-state index is -0.750. The van der Waals surface area contributed by atoms with Crippen molar-refractivity contribution in [2.45, 2.75) is 31.7 Å². The number of carboxylic acid groups (broad SMARTS) is 1. The first-order valence-corrected chi connectivity index (χ1v) is 8.30. The number of urea groups is 1. The molecule has 0 aliphatic heterocycles. The molecule has 1 aliphatic rings. The van der Waals surface area contributed by atoms with Gasteiger partial charge < -0.3 is 20.5 Å². The Bertz CT molecular complexity index is 785. The van der Waals surface area contributed by atoms with Crippen LogP contribution in [0, 0.1) is 5.92 Å². The monoisotopic (exact) mass is 343 g/mol. The summed E-state index contributed by atoms with van der Waals surface area (Å²) in [5.74, 6) is -0.397. The summed E-state index contributed by atoms with van der Waals surface area (Å²) in [5.41, 5.74) is 1.34. The van der Waals surface area contributed by atoms with E-state index in [2.05, 4.69) is 15.6 Å². The van der Waals surface area contributed by atoms with Crippen molar-refractivity contribution in [2.24, 2.45) is 5.92 Å². The molecule has 3 rings (SSSR count). The number of carbonyl (C=O) groups is 2. The molecule has 0 spiro atoms. The number of aromatic nitrogens is 1. The lowest BCUT2D eigenvalue weighted by molar-refractivity contribution is -0.142. The van der Waals surface area contributed by atoms with E-state index in [0.717, 1.165) is 5.39 Å². The van der Waals surface area contributed by atoms with Crippen molar-refractivity contribution in [2.75, 3.05) is 12.4 Å². The molecule has 2 amide bonds. The van der Waals surface area contributed by atoms with E-state index < -0.39 is 5.97 Å². The fourth-order valence-corrected chi connectivity index (χ4v) is 3.25. The minimum absolute atomic E-state index is 0.00163. The van der Waals surface area contributed by atoms with Gasteiger partial charge in [0.25, 0.3) is 0 Å². The third-order valence-electron chi connectivity index (χ3n) is 4.61. The second-order valence-corrected chi connectivity index (χ2v) is 6.20. The molecule has 1 saturated carbocycles. The van der Waals surface area contributed by atoms with Crippen molar-refractivity contribution in [1.82, 2.24) is 10.3 Å². The van der Waals surface area contributed by atoms with Gasteiger partial charge in [-0.15, -0.1) is 0 Å². The van der Waals surface area contributed by atoms with E-state index in [1.54, 1.807) is 31.5 Å². The van der Waals surface area contributed by atoms with Crippen LogP contribution in [-0.2, 0) is 4.79 Å². The fourth-order valence-electron chi connectivity index (χ4n) is 3.25. The molecule has 1 aliphatic carbocycles. The Kier molecular flexibility index (Phi) is 5.02. The Balaban J connectivity index is 1.66. The average molecular weight is 343 g/mol. The molecule has 0 saturated heterocycles. The van der Waals surface area contributed by atoms with Gasteiger partial charge in [-0.1, -0.05) is 0 Å². The predicted octanol–water partition coefficient (Wildman–Crippen LogP) is 3.01. The van der Waals surface area contributed by atoms with Crippen LogP contribution in [0.15, 0.2) is 30.5 Å². The highest BCUT2D eigenvalue weighted by atomic mass is 16.5. The topological polar surface area (TPSA) is 101 Å². The highest BCUT2D eigenvalue weighted by molar-refractivity contribution is 6.02. The largest absolute Gasteiger partial charge is 0.494 e. The first kappa shape index (κ1) is 17.0. The lowest BCUT2D eigenvalue weighted by Gasteiger charge is -2.26. The summed E-state index contributed by atoms with van der Waals surface area (Å²) >= 11 is 0. The van der Waals surface area contributed by atoms with Crippen molar-refractivity contribution >= 4 is 28.6 Å². The SMILES string of the molecule is COc1ccc(NC(=O)NC2CCC(C(=O)O)CC2)c2cccnc12. The maximum Gasteiger partial charge on any atom is 0.319 e. The normalized spacial score (nSPS) is 20.0. The Morgan fingerprint density at radius 2 is 1.96 bits per heavy atom. The molecule has 0 atom stereocenters. The number of amides is 2. The van der Waals surface area contributed by atoms with Crippen LogP contribution < -0.4 is 15.4 Å². The third kappa shape index (κ3) is 3.81. The lowest BCUT2D eigenvalue weighted by atomic mass is 9.86. The van der Waals surface area contributed by atoms with Crippen LogP contribution in [0.5, 0.6) is 5.75 Å². The number of aliphatic carboxylic acids is 1. The van der Waals surface area contributed by atoms with E-state index in [1.165, 1.54) is 0 Å². The molecule has 7 nitrogen and oxygen atoms in total. The van der Waals surface area contributed by atoms with E-state index in [0.29, 0.717) is 42.6 Å². The number of ether oxygens (including phenoxy) is 1. The van der Waals surface area contributed by atoms with Crippen LogP contribution in [0.2, 0.25) is 0 Å². The number of pyridine rings is 1. The Morgan fingerprint density at radius 3 is 2.64 bits per heavy atom. The Hall–Kier alpha value is -2.83. The van der Waals surface area contributed by atoms with Crippen molar-refractivity contribution in [3.63, 3.8) is 0 Å². The molecule has 3 N–H and O–H groups in total. The first-order valence-electron chi connectivity index (χ1n) is 8.30. The first-order chi connectivity index (χ1) is 12.1. The van der Waals surface area contributed by atoms with E-state index in [9.17, 15) is 9.59 Å². The third-order valence-corrected chi connectivity index (χ3v) is 4.61. The molecule has 0 bridgehead atoms. The number of fused-ring (bicyclic) bond motifs is 1. The standard InChI is InChI=1S/C18H21N3O4/c1-25-15-9-8-14(13-3-2-10-19-16(13)15)21-18(24)20-12-6-4-11(5-7-12)17(22)23/h2-3,8-12H,4-7H2,1H3,(H,22,23)(H2,20,21,24). The van der Waals surface area contributed by atoms with Crippen LogP contribution in [0.25, 0.3) is 10.9 Å². The number of nitrogens with zero attached hydrogens (tertiary/aromatic N) is 1. The van der Waals surface area contributed by atoms with Gasteiger partial charge in [0.15, 0.2) is 0 Å². The van der Waals surface area contributed by atoms with Gasteiger partial charge in [0.05, 0.1) is 18.7 Å². The number of nitrogens with one attached hydrogen (secondary N) is 2. The van der Waals surface area contributed by atoms with Gasteiger partial charge in [0, 0.05) is 17.6 Å². The second kappa shape index (κ2) is 7.38. The summed E-state index contributed by atoms with van der Waals surface area (Å²) in [5, 5.41) is 15.6. The van der Waals surface area contributed by atoms with Gasteiger partial charge in [-0.3, -0.25) is 9.78 Å². The average Bonchev–Trinajstić information content (AvgIpc) is 2.62. The molecule has 132 valence electrons. The molecule has 0 unspecified atom stereocenters. The zero-order valence-electron chi connectivity index (χ0n) is 14.0. The Labute approximate surface area is 145 Å². The van der Waals surface area contributed by atoms with Gasteiger partial charge in [-0.25, -0.2) is 4.79 Å². The number of hydrogen-bond acceptors (Lipinski definition) is 4. The molecule has 1 aromatic heterocycles. The van der Waals surface area contributed by atoms with E-state index >= 15 is 0 Å². The lowest BCUT2D eigenvalue weighted by Crippen LogP contribution is -2.41. The quantitative estimate of drug-likeness (QED) is 0.792. The van der Waals surface area contributed by atoms with Gasteiger partial charge >= 0.3 is 12.0 Å². The van der Waals surface area contributed by atoms with Gasteiger partial charge in [0.1, 0.15) is 11.3 Å². The number of hydrogen-bond donors (Lipinski definition) is 3. The van der Waals surface area contributed by atoms with Crippen LogP contribution >= 0.6 is 0 Å². The number of anilines is 1. The predicted molar refractivity (Wildman–Crippen MR) is 93.8 cm³/mol.